The van der Waals surface area contributed by atoms with Crippen LogP contribution in [0.1, 0.15) is 39.2 Å². The van der Waals surface area contributed by atoms with Gasteiger partial charge in [0.15, 0.2) is 0 Å². The van der Waals surface area contributed by atoms with Crippen molar-refractivity contribution in [2.24, 2.45) is 4.99 Å². The van der Waals surface area contributed by atoms with E-state index in [4.69, 9.17) is 0 Å². The van der Waals surface area contributed by atoms with Gasteiger partial charge in [0.25, 0.3) is 0 Å². The van der Waals surface area contributed by atoms with Gasteiger partial charge in [-0.1, -0.05) is 31.5 Å². The van der Waals surface area contributed by atoms with E-state index >= 15 is 0 Å². The van der Waals surface area contributed by atoms with Crippen molar-refractivity contribution in [3.05, 3.63) is 29.8 Å². The predicted octanol–water partition coefficient (Wildman–Crippen LogP) is 4.14. The van der Waals surface area contributed by atoms with Gasteiger partial charge >= 0.3 is 0 Å². The first-order chi connectivity index (χ1) is 6.74. The molecule has 0 atom stereocenters. The van der Waals surface area contributed by atoms with Gasteiger partial charge in [0.2, 0.25) is 0 Å². The van der Waals surface area contributed by atoms with Gasteiger partial charge in [0.1, 0.15) is 0 Å². The minimum Gasteiger partial charge on any atom is -0.258 e. The van der Waals surface area contributed by atoms with E-state index in [0.717, 1.165) is 17.8 Å². The van der Waals surface area contributed by atoms with Crippen LogP contribution in [-0.4, -0.2) is 5.71 Å². The third-order valence-corrected chi connectivity index (χ3v) is 2.14. The van der Waals surface area contributed by atoms with Gasteiger partial charge in [-0.05, 0) is 38.3 Å². The van der Waals surface area contributed by atoms with Crippen molar-refractivity contribution < 1.29 is 0 Å². The smallest absolute Gasteiger partial charge is 0.0660 e. The highest BCUT2D eigenvalue weighted by Gasteiger charge is 1.98. The molecular weight excluding hydrogens is 170 g/mol. The SMILES string of the molecule is CCCCc1ccccc1N=C(C)C. The number of unbranched alkanes of at least 4 members (excludes halogenated alkanes) is 1. The van der Waals surface area contributed by atoms with E-state index in [9.17, 15) is 0 Å². The average Bonchev–Trinajstić information content (AvgIpc) is 2.16. The first-order valence-electron chi connectivity index (χ1n) is 5.34. The van der Waals surface area contributed by atoms with Gasteiger partial charge in [-0.15, -0.1) is 0 Å². The molecule has 1 aromatic carbocycles. The fraction of sp³-hybridized carbons (Fsp3) is 0.462. The monoisotopic (exact) mass is 189 g/mol. The lowest BCUT2D eigenvalue weighted by Crippen LogP contribution is -1.87. The zero-order chi connectivity index (χ0) is 10.4. The Morgan fingerprint density at radius 1 is 1.21 bits per heavy atom. The fourth-order valence-electron chi connectivity index (χ4n) is 1.44. The van der Waals surface area contributed by atoms with Crippen LogP contribution in [0.4, 0.5) is 5.69 Å². The van der Waals surface area contributed by atoms with Gasteiger partial charge in [0.05, 0.1) is 5.69 Å². The number of rotatable bonds is 4. The molecule has 1 rings (SSSR count). The highest BCUT2D eigenvalue weighted by molar-refractivity contribution is 5.82. The third kappa shape index (κ3) is 3.33. The summed E-state index contributed by atoms with van der Waals surface area (Å²) in [5, 5.41) is 0. The minimum absolute atomic E-state index is 1.12. The maximum absolute atomic E-state index is 4.53. The number of aryl methyl sites for hydroxylation is 1. The van der Waals surface area contributed by atoms with Crippen LogP contribution < -0.4 is 0 Å². The summed E-state index contributed by atoms with van der Waals surface area (Å²) in [5.74, 6) is 0. The zero-order valence-corrected chi connectivity index (χ0v) is 9.38. The first kappa shape index (κ1) is 11.0. The van der Waals surface area contributed by atoms with Crippen LogP contribution in [0, 0.1) is 0 Å². The summed E-state index contributed by atoms with van der Waals surface area (Å²) in [5.41, 5.74) is 3.63. The quantitative estimate of drug-likeness (QED) is 0.631. The molecular formula is C13H19N. The normalized spacial score (nSPS) is 9.93. The molecule has 0 aliphatic rings. The maximum atomic E-state index is 4.53. The number of hydrogen-bond donors (Lipinski definition) is 0. The van der Waals surface area contributed by atoms with E-state index in [-0.39, 0.29) is 0 Å². The van der Waals surface area contributed by atoms with Crippen molar-refractivity contribution in [3.8, 4) is 0 Å². The predicted molar refractivity (Wildman–Crippen MR) is 63.5 cm³/mol. The molecule has 0 spiro atoms. The van der Waals surface area contributed by atoms with Crippen LogP contribution in [0.3, 0.4) is 0 Å². The highest BCUT2D eigenvalue weighted by Crippen LogP contribution is 2.20. The van der Waals surface area contributed by atoms with E-state index in [1.807, 2.05) is 13.8 Å². The number of para-hydroxylation sites is 1. The van der Waals surface area contributed by atoms with Gasteiger partial charge in [-0.3, -0.25) is 4.99 Å². The molecule has 0 unspecified atom stereocenters. The van der Waals surface area contributed by atoms with E-state index in [0.29, 0.717) is 0 Å². The topological polar surface area (TPSA) is 12.4 Å². The fourth-order valence-corrected chi connectivity index (χ4v) is 1.44. The first-order valence-corrected chi connectivity index (χ1v) is 5.34. The molecule has 0 heterocycles. The Morgan fingerprint density at radius 3 is 2.57 bits per heavy atom. The Balaban J connectivity index is 2.86. The molecule has 0 saturated carbocycles. The standard InChI is InChI=1S/C13H19N/c1-4-5-8-12-9-6-7-10-13(12)14-11(2)3/h6-7,9-10H,4-5,8H2,1-3H3. The summed E-state index contributed by atoms with van der Waals surface area (Å²) < 4.78 is 0. The minimum atomic E-state index is 1.12. The Labute approximate surface area is 86.9 Å². The molecule has 0 N–H and O–H groups in total. The van der Waals surface area contributed by atoms with Gasteiger partial charge in [-0.25, -0.2) is 0 Å². The Bertz CT molecular complexity index is 309. The molecule has 0 aromatic heterocycles. The Morgan fingerprint density at radius 2 is 1.93 bits per heavy atom. The lowest BCUT2D eigenvalue weighted by Gasteiger charge is -2.04. The summed E-state index contributed by atoms with van der Waals surface area (Å²) >= 11 is 0. The second kappa shape index (κ2) is 5.58. The zero-order valence-electron chi connectivity index (χ0n) is 9.38. The number of hydrogen-bond acceptors (Lipinski definition) is 1. The second-order valence-corrected chi connectivity index (χ2v) is 3.79. The summed E-state index contributed by atoms with van der Waals surface area (Å²) in [6, 6.07) is 8.42. The lowest BCUT2D eigenvalue weighted by molar-refractivity contribution is 0.795. The molecule has 0 amide bonds. The number of nitrogens with zero attached hydrogens (tertiary/aromatic N) is 1. The summed E-state index contributed by atoms with van der Waals surface area (Å²) in [7, 11) is 0. The van der Waals surface area contributed by atoms with Crippen molar-refractivity contribution in [1.29, 1.82) is 0 Å². The molecule has 0 fully saturated rings. The summed E-state index contributed by atoms with van der Waals surface area (Å²) in [4.78, 5) is 4.53. The van der Waals surface area contributed by atoms with Gasteiger partial charge < -0.3 is 0 Å². The van der Waals surface area contributed by atoms with Crippen molar-refractivity contribution in [1.82, 2.24) is 0 Å². The van der Waals surface area contributed by atoms with Crippen LogP contribution in [0.2, 0.25) is 0 Å². The number of aliphatic imine (C=N–C) groups is 1. The second-order valence-electron chi connectivity index (χ2n) is 3.79. The molecule has 1 nitrogen and oxygen atoms in total. The summed E-state index contributed by atoms with van der Waals surface area (Å²) in [6.07, 6.45) is 3.63. The van der Waals surface area contributed by atoms with Crippen LogP contribution in [0.15, 0.2) is 29.3 Å². The number of benzene rings is 1. The van der Waals surface area contributed by atoms with Crippen molar-refractivity contribution in [2.45, 2.75) is 40.0 Å². The van der Waals surface area contributed by atoms with E-state index < -0.39 is 0 Å². The van der Waals surface area contributed by atoms with Gasteiger partial charge in [0, 0.05) is 5.71 Å². The molecule has 0 saturated heterocycles. The van der Waals surface area contributed by atoms with Crippen LogP contribution >= 0.6 is 0 Å². The Hall–Kier alpha value is -1.11. The molecule has 0 radical (unpaired) electrons. The van der Waals surface area contributed by atoms with E-state index in [2.05, 4.69) is 36.2 Å². The summed E-state index contributed by atoms with van der Waals surface area (Å²) in [6.45, 7) is 6.30. The van der Waals surface area contributed by atoms with Crippen LogP contribution in [0.5, 0.6) is 0 Å². The average molecular weight is 189 g/mol. The van der Waals surface area contributed by atoms with Gasteiger partial charge in [-0.2, -0.15) is 0 Å². The van der Waals surface area contributed by atoms with Crippen molar-refractivity contribution >= 4 is 11.4 Å². The Kier molecular flexibility index (Phi) is 4.37. The lowest BCUT2D eigenvalue weighted by atomic mass is 10.1. The van der Waals surface area contributed by atoms with E-state index in [1.165, 1.54) is 18.4 Å². The molecule has 1 aromatic rings. The van der Waals surface area contributed by atoms with Crippen LogP contribution in [-0.2, 0) is 6.42 Å². The molecule has 0 bridgehead atoms. The van der Waals surface area contributed by atoms with Crippen molar-refractivity contribution in [3.63, 3.8) is 0 Å². The highest BCUT2D eigenvalue weighted by atomic mass is 14.7. The molecule has 0 aliphatic carbocycles. The molecule has 76 valence electrons. The largest absolute Gasteiger partial charge is 0.258 e. The van der Waals surface area contributed by atoms with Crippen molar-refractivity contribution in [2.75, 3.05) is 0 Å². The van der Waals surface area contributed by atoms with E-state index in [1.54, 1.807) is 0 Å². The molecule has 14 heavy (non-hydrogen) atoms. The third-order valence-electron chi connectivity index (χ3n) is 2.14. The molecule has 0 aliphatic heterocycles. The molecule has 1 heteroatoms. The maximum Gasteiger partial charge on any atom is 0.0660 e. The van der Waals surface area contributed by atoms with Crippen LogP contribution in [0.25, 0.3) is 0 Å².